The third-order valence-corrected chi connectivity index (χ3v) is 7.71. The molecule has 160 valence electrons. The van der Waals surface area contributed by atoms with Crippen molar-refractivity contribution in [3.05, 3.63) is 71.5 Å². The number of sulfonamides is 1. The SMILES string of the molecule is O=C1C2CCN(S(=O)(=O)Cc3ccccc3)CCN2CCN1Cc1ccc(F)cc1. The van der Waals surface area contributed by atoms with Crippen LogP contribution in [-0.4, -0.2) is 67.2 Å². The summed E-state index contributed by atoms with van der Waals surface area (Å²) in [6, 6.07) is 15.0. The van der Waals surface area contributed by atoms with Gasteiger partial charge < -0.3 is 4.90 Å². The lowest BCUT2D eigenvalue weighted by Crippen LogP contribution is -2.56. The summed E-state index contributed by atoms with van der Waals surface area (Å²) >= 11 is 0. The van der Waals surface area contributed by atoms with Crippen molar-refractivity contribution in [3.63, 3.8) is 0 Å². The molecule has 0 spiro atoms. The molecule has 8 heteroatoms. The van der Waals surface area contributed by atoms with Gasteiger partial charge in [0.25, 0.3) is 0 Å². The second-order valence-corrected chi connectivity index (χ2v) is 9.84. The highest BCUT2D eigenvalue weighted by molar-refractivity contribution is 7.88. The third-order valence-electron chi connectivity index (χ3n) is 5.86. The molecule has 4 rings (SSSR count). The first-order valence-electron chi connectivity index (χ1n) is 10.2. The first-order chi connectivity index (χ1) is 14.4. The van der Waals surface area contributed by atoms with Crippen LogP contribution in [0.3, 0.4) is 0 Å². The molecule has 0 bridgehead atoms. The van der Waals surface area contributed by atoms with E-state index in [0.717, 1.165) is 11.1 Å². The molecular weight excluding hydrogens is 405 g/mol. The summed E-state index contributed by atoms with van der Waals surface area (Å²) in [5, 5.41) is 0. The Labute approximate surface area is 176 Å². The van der Waals surface area contributed by atoms with E-state index in [1.807, 2.05) is 30.3 Å². The summed E-state index contributed by atoms with van der Waals surface area (Å²) in [6.45, 7) is 3.03. The molecule has 30 heavy (non-hydrogen) atoms. The van der Waals surface area contributed by atoms with Gasteiger partial charge in [0.05, 0.1) is 11.8 Å². The fourth-order valence-electron chi connectivity index (χ4n) is 4.20. The number of amides is 1. The van der Waals surface area contributed by atoms with Gasteiger partial charge in [-0.2, -0.15) is 0 Å². The second kappa shape index (κ2) is 8.83. The van der Waals surface area contributed by atoms with Crippen LogP contribution in [0, 0.1) is 5.82 Å². The van der Waals surface area contributed by atoms with Crippen LogP contribution in [0.15, 0.2) is 54.6 Å². The molecule has 1 amide bonds. The van der Waals surface area contributed by atoms with Gasteiger partial charge in [0.1, 0.15) is 5.82 Å². The van der Waals surface area contributed by atoms with Crippen LogP contribution in [0.5, 0.6) is 0 Å². The minimum absolute atomic E-state index is 0.0212. The van der Waals surface area contributed by atoms with Gasteiger partial charge in [-0.15, -0.1) is 0 Å². The number of fused-ring (bicyclic) bond motifs is 1. The maximum Gasteiger partial charge on any atom is 0.240 e. The fraction of sp³-hybridized carbons (Fsp3) is 0.409. The average molecular weight is 432 g/mol. The van der Waals surface area contributed by atoms with E-state index in [1.54, 1.807) is 17.0 Å². The first-order valence-corrected chi connectivity index (χ1v) is 11.8. The molecule has 0 N–H and O–H groups in total. The van der Waals surface area contributed by atoms with Crippen molar-refractivity contribution in [1.29, 1.82) is 0 Å². The molecule has 0 saturated carbocycles. The lowest BCUT2D eigenvalue weighted by molar-refractivity contribution is -0.142. The van der Waals surface area contributed by atoms with Crippen molar-refractivity contribution in [3.8, 4) is 0 Å². The highest BCUT2D eigenvalue weighted by Crippen LogP contribution is 2.22. The van der Waals surface area contributed by atoms with Gasteiger partial charge in [-0.3, -0.25) is 9.69 Å². The summed E-state index contributed by atoms with van der Waals surface area (Å²) in [5.41, 5.74) is 1.65. The van der Waals surface area contributed by atoms with E-state index < -0.39 is 10.0 Å². The number of carbonyl (C=O) groups excluding carboxylic acids is 1. The molecule has 1 atom stereocenters. The molecule has 2 aromatic carbocycles. The quantitative estimate of drug-likeness (QED) is 0.727. The van der Waals surface area contributed by atoms with E-state index in [-0.39, 0.29) is 23.5 Å². The van der Waals surface area contributed by atoms with Crippen molar-refractivity contribution in [2.45, 2.75) is 24.8 Å². The Hall–Kier alpha value is -2.29. The summed E-state index contributed by atoms with van der Waals surface area (Å²) in [5.74, 6) is -0.299. The molecule has 2 aliphatic heterocycles. The van der Waals surface area contributed by atoms with Crippen LogP contribution in [0.4, 0.5) is 4.39 Å². The summed E-state index contributed by atoms with van der Waals surface area (Å²) in [6.07, 6.45) is 0.479. The number of hydrogen-bond acceptors (Lipinski definition) is 4. The number of carbonyl (C=O) groups is 1. The number of halogens is 1. The molecule has 6 nitrogen and oxygen atoms in total. The van der Waals surface area contributed by atoms with Crippen LogP contribution in [0.1, 0.15) is 17.5 Å². The van der Waals surface area contributed by atoms with Crippen molar-refractivity contribution >= 4 is 15.9 Å². The number of piperazine rings is 1. The Morgan fingerprint density at radius 1 is 0.867 bits per heavy atom. The van der Waals surface area contributed by atoms with E-state index in [9.17, 15) is 17.6 Å². The summed E-state index contributed by atoms with van der Waals surface area (Å²) < 4.78 is 40.5. The molecule has 1 unspecified atom stereocenters. The summed E-state index contributed by atoms with van der Waals surface area (Å²) in [7, 11) is -3.44. The van der Waals surface area contributed by atoms with Gasteiger partial charge in [0, 0.05) is 39.3 Å². The molecule has 0 aliphatic carbocycles. The maximum atomic E-state index is 13.1. The Bertz CT molecular complexity index is 982. The molecule has 0 radical (unpaired) electrons. The highest BCUT2D eigenvalue weighted by Gasteiger charge is 2.38. The maximum absolute atomic E-state index is 13.1. The lowest BCUT2D eigenvalue weighted by atomic mass is 10.1. The Morgan fingerprint density at radius 3 is 2.30 bits per heavy atom. The Kier molecular flexibility index (Phi) is 6.17. The lowest BCUT2D eigenvalue weighted by Gasteiger charge is -2.39. The van der Waals surface area contributed by atoms with Gasteiger partial charge in [0.2, 0.25) is 15.9 Å². The molecular formula is C22H26FN3O3S. The number of hydrogen-bond donors (Lipinski definition) is 0. The zero-order valence-corrected chi connectivity index (χ0v) is 17.6. The number of rotatable bonds is 5. The van der Waals surface area contributed by atoms with Crippen LogP contribution in [-0.2, 0) is 27.1 Å². The number of nitrogens with zero attached hydrogens (tertiary/aromatic N) is 3. The van der Waals surface area contributed by atoms with E-state index >= 15 is 0 Å². The van der Waals surface area contributed by atoms with Gasteiger partial charge in [-0.05, 0) is 29.7 Å². The second-order valence-electron chi connectivity index (χ2n) is 7.87. The van der Waals surface area contributed by atoms with Crippen LogP contribution >= 0.6 is 0 Å². The van der Waals surface area contributed by atoms with Crippen molar-refractivity contribution in [2.75, 3.05) is 32.7 Å². The third kappa shape index (κ3) is 4.71. The zero-order valence-electron chi connectivity index (χ0n) is 16.8. The van der Waals surface area contributed by atoms with Crippen LogP contribution < -0.4 is 0 Å². The van der Waals surface area contributed by atoms with Crippen molar-refractivity contribution in [1.82, 2.24) is 14.1 Å². The minimum Gasteiger partial charge on any atom is -0.336 e. The van der Waals surface area contributed by atoms with Crippen LogP contribution in [0.25, 0.3) is 0 Å². The monoisotopic (exact) mass is 431 g/mol. The van der Waals surface area contributed by atoms with Crippen LogP contribution in [0.2, 0.25) is 0 Å². The molecule has 2 heterocycles. The molecule has 2 aromatic rings. The first kappa shape index (κ1) is 21.0. The van der Waals surface area contributed by atoms with Gasteiger partial charge in [0.15, 0.2) is 0 Å². The molecule has 2 fully saturated rings. The van der Waals surface area contributed by atoms with Gasteiger partial charge in [-0.1, -0.05) is 42.5 Å². The fourth-order valence-corrected chi connectivity index (χ4v) is 5.74. The highest BCUT2D eigenvalue weighted by atomic mass is 32.2. The van der Waals surface area contributed by atoms with E-state index in [4.69, 9.17) is 0 Å². The molecule has 2 aliphatic rings. The molecule has 2 saturated heterocycles. The van der Waals surface area contributed by atoms with E-state index in [2.05, 4.69) is 4.90 Å². The van der Waals surface area contributed by atoms with E-state index in [1.165, 1.54) is 16.4 Å². The normalized spacial score (nSPS) is 21.3. The average Bonchev–Trinajstić information content (AvgIpc) is 2.96. The minimum atomic E-state index is -3.44. The Balaban J connectivity index is 1.41. The Morgan fingerprint density at radius 2 is 1.57 bits per heavy atom. The predicted molar refractivity (Wildman–Crippen MR) is 112 cm³/mol. The zero-order chi connectivity index (χ0) is 21.1. The summed E-state index contributed by atoms with van der Waals surface area (Å²) in [4.78, 5) is 17.0. The largest absolute Gasteiger partial charge is 0.336 e. The van der Waals surface area contributed by atoms with Gasteiger partial charge in [-0.25, -0.2) is 17.1 Å². The number of benzene rings is 2. The standard InChI is InChI=1S/C22H26FN3O3S/c23-20-8-6-18(7-9-20)16-25-13-12-24-14-15-26(11-10-21(24)22(25)27)30(28,29)17-19-4-2-1-3-5-19/h1-9,21H,10-17H2. The van der Waals surface area contributed by atoms with Gasteiger partial charge >= 0.3 is 0 Å². The smallest absolute Gasteiger partial charge is 0.240 e. The predicted octanol–water partition coefficient (Wildman–Crippen LogP) is 2.07. The topological polar surface area (TPSA) is 60.9 Å². The van der Waals surface area contributed by atoms with Crippen molar-refractivity contribution in [2.24, 2.45) is 0 Å². The van der Waals surface area contributed by atoms with Crippen molar-refractivity contribution < 1.29 is 17.6 Å². The van der Waals surface area contributed by atoms with E-state index in [0.29, 0.717) is 45.7 Å². The molecule has 0 aromatic heterocycles.